The predicted molar refractivity (Wildman–Crippen MR) is 97.6 cm³/mol. The maximum atomic E-state index is 14.0. The van der Waals surface area contributed by atoms with Crippen molar-refractivity contribution >= 4 is 12.1 Å². The van der Waals surface area contributed by atoms with Crippen LogP contribution in [0.2, 0.25) is 0 Å². The summed E-state index contributed by atoms with van der Waals surface area (Å²) in [6, 6.07) is 6.34. The lowest BCUT2D eigenvalue weighted by molar-refractivity contribution is 0.0957. The van der Waals surface area contributed by atoms with Gasteiger partial charge in [0.1, 0.15) is 5.82 Å². The SMILES string of the molecule is CCOC(=O)N1CCC(NC(=O)NCC(C)(C)c2ccccc2F)CC1. The van der Waals surface area contributed by atoms with E-state index in [1.165, 1.54) is 6.07 Å². The van der Waals surface area contributed by atoms with Gasteiger partial charge in [-0.05, 0) is 31.4 Å². The number of halogens is 1. The van der Waals surface area contributed by atoms with E-state index in [0.717, 1.165) is 0 Å². The number of hydrogen-bond acceptors (Lipinski definition) is 3. The van der Waals surface area contributed by atoms with Crippen molar-refractivity contribution < 1.29 is 18.7 Å². The molecule has 1 aromatic rings. The van der Waals surface area contributed by atoms with Crippen LogP contribution in [0.5, 0.6) is 0 Å². The molecule has 1 aliphatic rings. The largest absolute Gasteiger partial charge is 0.450 e. The second-order valence-corrected chi connectivity index (χ2v) is 7.15. The van der Waals surface area contributed by atoms with Gasteiger partial charge in [0.15, 0.2) is 0 Å². The number of rotatable bonds is 5. The van der Waals surface area contributed by atoms with Crippen LogP contribution in [-0.2, 0) is 10.2 Å². The number of nitrogens with one attached hydrogen (secondary N) is 2. The summed E-state index contributed by atoms with van der Waals surface area (Å²) in [5.41, 5.74) is 0.0544. The Kier molecular flexibility index (Phi) is 6.83. The molecule has 3 amide bonds. The fraction of sp³-hybridized carbons (Fsp3) is 0.579. The van der Waals surface area contributed by atoms with Crippen molar-refractivity contribution in [3.05, 3.63) is 35.6 Å². The van der Waals surface area contributed by atoms with Crippen molar-refractivity contribution in [2.24, 2.45) is 0 Å². The molecule has 7 heteroatoms. The third-order valence-electron chi connectivity index (χ3n) is 4.65. The van der Waals surface area contributed by atoms with E-state index in [1.54, 1.807) is 30.0 Å². The Bertz CT molecular complexity index is 628. The van der Waals surface area contributed by atoms with Crippen LogP contribution in [-0.4, -0.2) is 49.3 Å². The smallest absolute Gasteiger partial charge is 0.409 e. The molecule has 1 saturated heterocycles. The van der Waals surface area contributed by atoms with Crippen LogP contribution in [0, 0.1) is 5.82 Å². The average molecular weight is 365 g/mol. The molecule has 6 nitrogen and oxygen atoms in total. The van der Waals surface area contributed by atoms with E-state index in [1.807, 2.05) is 13.8 Å². The highest BCUT2D eigenvalue weighted by molar-refractivity contribution is 5.74. The van der Waals surface area contributed by atoms with E-state index in [0.29, 0.717) is 44.6 Å². The molecule has 1 aromatic carbocycles. The van der Waals surface area contributed by atoms with Crippen LogP contribution in [0.25, 0.3) is 0 Å². The fourth-order valence-corrected chi connectivity index (χ4v) is 3.06. The van der Waals surface area contributed by atoms with Gasteiger partial charge in [-0.25, -0.2) is 14.0 Å². The Morgan fingerprint density at radius 2 is 1.92 bits per heavy atom. The quantitative estimate of drug-likeness (QED) is 0.843. The molecule has 144 valence electrons. The summed E-state index contributed by atoms with van der Waals surface area (Å²) < 4.78 is 19.0. The first-order chi connectivity index (χ1) is 12.3. The molecule has 26 heavy (non-hydrogen) atoms. The van der Waals surface area contributed by atoms with Gasteiger partial charge in [-0.15, -0.1) is 0 Å². The molecule has 2 rings (SSSR count). The molecule has 2 N–H and O–H groups in total. The number of likely N-dealkylation sites (tertiary alicyclic amines) is 1. The van der Waals surface area contributed by atoms with Crippen LogP contribution in [0.15, 0.2) is 24.3 Å². The summed E-state index contributed by atoms with van der Waals surface area (Å²) in [4.78, 5) is 25.5. The number of ether oxygens (including phenoxy) is 1. The summed E-state index contributed by atoms with van der Waals surface area (Å²) in [6.07, 6.45) is 1.06. The summed E-state index contributed by atoms with van der Waals surface area (Å²) in [5.74, 6) is -0.272. The lowest BCUT2D eigenvalue weighted by Gasteiger charge is -2.32. The zero-order chi connectivity index (χ0) is 19.2. The van der Waals surface area contributed by atoms with E-state index < -0.39 is 5.41 Å². The average Bonchev–Trinajstić information content (AvgIpc) is 2.61. The number of piperidine rings is 1. The maximum absolute atomic E-state index is 14.0. The molecule has 0 aromatic heterocycles. The van der Waals surface area contributed by atoms with Gasteiger partial charge in [0.25, 0.3) is 0 Å². The molecular weight excluding hydrogens is 337 g/mol. The molecule has 0 radical (unpaired) electrons. The molecule has 1 aliphatic heterocycles. The molecule has 0 unspecified atom stereocenters. The van der Waals surface area contributed by atoms with Crippen LogP contribution in [0.3, 0.4) is 0 Å². The Morgan fingerprint density at radius 1 is 1.27 bits per heavy atom. The number of carbonyl (C=O) groups excluding carboxylic acids is 2. The minimum atomic E-state index is -0.518. The number of benzene rings is 1. The van der Waals surface area contributed by atoms with Crippen LogP contribution < -0.4 is 10.6 Å². The Morgan fingerprint density at radius 3 is 2.54 bits per heavy atom. The number of amides is 3. The lowest BCUT2D eigenvalue weighted by atomic mass is 9.84. The molecule has 0 atom stereocenters. The van der Waals surface area contributed by atoms with Crippen LogP contribution >= 0.6 is 0 Å². The van der Waals surface area contributed by atoms with Crippen molar-refractivity contribution in [1.29, 1.82) is 0 Å². The van der Waals surface area contributed by atoms with Crippen molar-refractivity contribution in [3.8, 4) is 0 Å². The predicted octanol–water partition coefficient (Wildman–Crippen LogP) is 3.02. The molecule has 0 aliphatic carbocycles. The monoisotopic (exact) mass is 365 g/mol. The minimum absolute atomic E-state index is 0.0113. The Labute approximate surface area is 154 Å². The summed E-state index contributed by atoms with van der Waals surface area (Å²) >= 11 is 0. The minimum Gasteiger partial charge on any atom is -0.450 e. The number of carbonyl (C=O) groups is 2. The number of hydrogen-bond donors (Lipinski definition) is 2. The zero-order valence-electron chi connectivity index (χ0n) is 15.7. The Balaban J connectivity index is 1.77. The lowest BCUT2D eigenvalue weighted by Crippen LogP contribution is -2.50. The number of urea groups is 1. The molecule has 1 heterocycles. The summed E-state index contributed by atoms with van der Waals surface area (Å²) in [7, 11) is 0. The highest BCUT2D eigenvalue weighted by Crippen LogP contribution is 2.24. The van der Waals surface area contributed by atoms with Crippen LogP contribution in [0.4, 0.5) is 14.0 Å². The van der Waals surface area contributed by atoms with Gasteiger partial charge in [-0.1, -0.05) is 32.0 Å². The molecule has 1 fully saturated rings. The maximum Gasteiger partial charge on any atom is 0.409 e. The van der Waals surface area contributed by atoms with E-state index in [9.17, 15) is 14.0 Å². The van der Waals surface area contributed by atoms with Gasteiger partial charge < -0.3 is 20.3 Å². The second kappa shape index (κ2) is 8.87. The third kappa shape index (κ3) is 5.34. The van der Waals surface area contributed by atoms with E-state index >= 15 is 0 Å². The zero-order valence-corrected chi connectivity index (χ0v) is 15.7. The second-order valence-electron chi connectivity index (χ2n) is 7.15. The summed E-state index contributed by atoms with van der Waals surface area (Å²) in [5, 5.41) is 5.75. The van der Waals surface area contributed by atoms with Crippen LogP contribution in [0.1, 0.15) is 39.2 Å². The van der Waals surface area contributed by atoms with Gasteiger partial charge in [-0.2, -0.15) is 0 Å². The highest BCUT2D eigenvalue weighted by Gasteiger charge is 2.27. The van der Waals surface area contributed by atoms with Crippen molar-refractivity contribution in [3.63, 3.8) is 0 Å². The van der Waals surface area contributed by atoms with E-state index in [2.05, 4.69) is 10.6 Å². The molecular formula is C19H28FN3O3. The van der Waals surface area contributed by atoms with Gasteiger partial charge >= 0.3 is 12.1 Å². The number of nitrogens with zero attached hydrogens (tertiary/aromatic N) is 1. The molecule has 0 saturated carbocycles. The first kappa shape index (κ1) is 20.0. The molecule has 0 bridgehead atoms. The Hall–Kier alpha value is -2.31. The third-order valence-corrected chi connectivity index (χ3v) is 4.65. The first-order valence-electron chi connectivity index (χ1n) is 9.04. The van der Waals surface area contributed by atoms with Gasteiger partial charge in [0.2, 0.25) is 0 Å². The normalized spacial score (nSPS) is 15.5. The van der Waals surface area contributed by atoms with Gasteiger partial charge in [0, 0.05) is 31.1 Å². The first-order valence-corrected chi connectivity index (χ1v) is 9.04. The van der Waals surface area contributed by atoms with Gasteiger partial charge in [0.05, 0.1) is 6.61 Å². The highest BCUT2D eigenvalue weighted by atomic mass is 19.1. The van der Waals surface area contributed by atoms with Crippen molar-refractivity contribution in [1.82, 2.24) is 15.5 Å². The summed E-state index contributed by atoms with van der Waals surface area (Å²) in [6.45, 7) is 7.36. The van der Waals surface area contributed by atoms with Crippen molar-refractivity contribution in [2.75, 3.05) is 26.2 Å². The fourth-order valence-electron chi connectivity index (χ4n) is 3.06. The molecule has 0 spiro atoms. The van der Waals surface area contributed by atoms with Gasteiger partial charge in [-0.3, -0.25) is 0 Å². The van der Waals surface area contributed by atoms with Crippen molar-refractivity contribution in [2.45, 2.75) is 45.1 Å². The topological polar surface area (TPSA) is 70.7 Å². The standard InChI is InChI=1S/C19H28FN3O3/c1-4-26-18(25)23-11-9-14(10-12-23)22-17(24)21-13-19(2,3)15-7-5-6-8-16(15)20/h5-8,14H,4,9-13H2,1-3H3,(H2,21,22,24). The van der Waals surface area contributed by atoms with E-state index in [4.69, 9.17) is 4.74 Å². The van der Waals surface area contributed by atoms with E-state index in [-0.39, 0.29) is 24.0 Å².